The van der Waals surface area contributed by atoms with Gasteiger partial charge in [-0.15, -0.1) is 0 Å². The molecule has 0 spiro atoms. The van der Waals surface area contributed by atoms with Crippen LogP contribution in [0.5, 0.6) is 0 Å². The van der Waals surface area contributed by atoms with E-state index in [4.69, 9.17) is 5.73 Å². The third kappa shape index (κ3) is 5.64. The van der Waals surface area contributed by atoms with E-state index in [0.29, 0.717) is 69.5 Å². The first-order chi connectivity index (χ1) is 22.1. The van der Waals surface area contributed by atoms with Crippen LogP contribution in [0.4, 0.5) is 22.7 Å². The molecule has 1 fully saturated rings. The summed E-state index contributed by atoms with van der Waals surface area (Å²) in [6.45, 7) is 4.64. The van der Waals surface area contributed by atoms with E-state index in [-0.39, 0.29) is 17.4 Å². The SMILES string of the molecule is Cc1c(C(=O)O)c(C)n(C(C(N)=O)N2CCCC2)c1C=C1C(=O)Nc2c(Nc3cccc(NC(=O)c4ccccc4)c3)cccc21. The Hall–Kier alpha value is -5.68. The Bertz CT molecular complexity index is 1910. The highest BCUT2D eigenvalue weighted by molar-refractivity contribution is 6.36. The lowest BCUT2D eigenvalue weighted by Crippen LogP contribution is -2.41. The molecular formula is C35H34N6O5. The number of carboxylic acids is 1. The molecule has 3 heterocycles. The molecule has 0 aliphatic carbocycles. The van der Waals surface area contributed by atoms with E-state index in [9.17, 15) is 24.3 Å². The van der Waals surface area contributed by atoms with E-state index in [1.807, 2.05) is 35.2 Å². The smallest absolute Gasteiger partial charge is 0.337 e. The molecule has 234 valence electrons. The first-order valence-electron chi connectivity index (χ1n) is 15.0. The highest BCUT2D eigenvalue weighted by Crippen LogP contribution is 2.41. The lowest BCUT2D eigenvalue weighted by Gasteiger charge is -2.29. The molecule has 0 saturated carbocycles. The van der Waals surface area contributed by atoms with Crippen molar-refractivity contribution in [2.24, 2.45) is 5.73 Å². The van der Waals surface area contributed by atoms with Gasteiger partial charge in [0.25, 0.3) is 17.7 Å². The quantitative estimate of drug-likeness (QED) is 0.158. The summed E-state index contributed by atoms with van der Waals surface area (Å²) in [7, 11) is 0. The second kappa shape index (κ2) is 12.4. The number of nitrogens with one attached hydrogen (secondary N) is 3. The summed E-state index contributed by atoms with van der Waals surface area (Å²) in [5.74, 6) is -2.32. The number of para-hydroxylation sites is 1. The number of carbonyl (C=O) groups excluding carboxylic acids is 3. The van der Waals surface area contributed by atoms with Crippen molar-refractivity contribution >= 4 is 58.1 Å². The number of aromatic nitrogens is 1. The number of carbonyl (C=O) groups is 4. The molecule has 0 bridgehead atoms. The van der Waals surface area contributed by atoms with Gasteiger partial charge in [-0.2, -0.15) is 0 Å². The second-order valence-electron chi connectivity index (χ2n) is 11.4. The Labute approximate surface area is 265 Å². The molecule has 4 aromatic rings. The van der Waals surface area contributed by atoms with E-state index in [1.54, 1.807) is 67.0 Å². The fraction of sp³-hybridized carbons (Fsp3) is 0.200. The maximum Gasteiger partial charge on any atom is 0.337 e. The van der Waals surface area contributed by atoms with Gasteiger partial charge >= 0.3 is 5.97 Å². The molecule has 1 saturated heterocycles. The van der Waals surface area contributed by atoms with E-state index in [1.165, 1.54) is 0 Å². The minimum Gasteiger partial charge on any atom is -0.478 e. The Balaban J connectivity index is 1.36. The number of likely N-dealkylation sites (tertiary alicyclic amines) is 1. The van der Waals surface area contributed by atoms with Crippen LogP contribution in [0.15, 0.2) is 72.8 Å². The maximum absolute atomic E-state index is 13.5. The van der Waals surface area contributed by atoms with Crippen LogP contribution in [0.25, 0.3) is 11.6 Å². The minimum absolute atomic E-state index is 0.0746. The summed E-state index contributed by atoms with van der Waals surface area (Å²) < 4.78 is 1.65. The predicted molar refractivity (Wildman–Crippen MR) is 177 cm³/mol. The predicted octanol–water partition coefficient (Wildman–Crippen LogP) is 5.37. The number of nitrogens with zero attached hydrogens (tertiary/aromatic N) is 2. The van der Waals surface area contributed by atoms with Crippen molar-refractivity contribution in [3.63, 3.8) is 0 Å². The van der Waals surface area contributed by atoms with Crippen LogP contribution >= 0.6 is 0 Å². The molecule has 2 aliphatic heterocycles. The number of anilines is 4. The number of benzene rings is 3. The zero-order valence-corrected chi connectivity index (χ0v) is 25.5. The van der Waals surface area contributed by atoms with Crippen LogP contribution < -0.4 is 21.7 Å². The van der Waals surface area contributed by atoms with Crippen molar-refractivity contribution in [2.75, 3.05) is 29.0 Å². The Morgan fingerprint density at radius 2 is 1.65 bits per heavy atom. The summed E-state index contributed by atoms with van der Waals surface area (Å²) in [6, 6.07) is 21.6. The maximum atomic E-state index is 13.5. The third-order valence-corrected chi connectivity index (χ3v) is 8.50. The molecule has 46 heavy (non-hydrogen) atoms. The molecular weight excluding hydrogens is 584 g/mol. The number of carboxylic acid groups (broad SMARTS) is 1. The highest BCUT2D eigenvalue weighted by Gasteiger charge is 2.35. The number of hydrogen-bond donors (Lipinski definition) is 5. The number of hydrogen-bond acceptors (Lipinski definition) is 6. The summed E-state index contributed by atoms with van der Waals surface area (Å²) in [5.41, 5.74) is 11.2. The number of amides is 3. The summed E-state index contributed by atoms with van der Waals surface area (Å²) >= 11 is 0. The highest BCUT2D eigenvalue weighted by atomic mass is 16.4. The second-order valence-corrected chi connectivity index (χ2v) is 11.4. The largest absolute Gasteiger partial charge is 0.478 e. The normalized spacial score (nSPS) is 15.8. The zero-order chi connectivity index (χ0) is 32.5. The van der Waals surface area contributed by atoms with Crippen molar-refractivity contribution < 1.29 is 24.3 Å². The van der Waals surface area contributed by atoms with Crippen LogP contribution in [0, 0.1) is 13.8 Å². The monoisotopic (exact) mass is 618 g/mol. The molecule has 6 rings (SSSR count). The molecule has 1 atom stereocenters. The van der Waals surface area contributed by atoms with Gasteiger partial charge in [0.1, 0.15) is 0 Å². The summed E-state index contributed by atoms with van der Waals surface area (Å²) in [4.78, 5) is 53.3. The van der Waals surface area contributed by atoms with Gasteiger partial charge in [-0.3, -0.25) is 19.3 Å². The van der Waals surface area contributed by atoms with Gasteiger partial charge in [0.05, 0.1) is 22.5 Å². The Kier molecular flexibility index (Phi) is 8.16. The first-order valence-corrected chi connectivity index (χ1v) is 15.0. The van der Waals surface area contributed by atoms with E-state index in [0.717, 1.165) is 12.8 Å². The van der Waals surface area contributed by atoms with Gasteiger partial charge in [-0.25, -0.2) is 4.79 Å². The average molecular weight is 619 g/mol. The number of aromatic carboxylic acids is 1. The summed E-state index contributed by atoms with van der Waals surface area (Å²) in [6.07, 6.45) is 2.55. The standard InChI is InChI=1S/C35H34N6O5/c1-20-28(41(21(2)29(20)35(45)46)34(31(36)42)40-16-6-7-17-40)19-26-25-14-9-15-27(30(25)39-33(26)44)37-23-12-8-13-24(18-23)38-32(43)22-10-4-3-5-11-22/h3-5,8-15,18-19,34,37H,6-7,16-17H2,1-2H3,(H2,36,42)(H,38,43)(H,39,44)(H,45,46). The van der Waals surface area contributed by atoms with Crippen molar-refractivity contribution in [3.8, 4) is 0 Å². The van der Waals surface area contributed by atoms with Crippen molar-refractivity contribution in [3.05, 3.63) is 106 Å². The van der Waals surface area contributed by atoms with E-state index in [2.05, 4.69) is 16.0 Å². The van der Waals surface area contributed by atoms with Crippen molar-refractivity contribution in [1.29, 1.82) is 0 Å². The van der Waals surface area contributed by atoms with Crippen molar-refractivity contribution in [1.82, 2.24) is 9.47 Å². The minimum atomic E-state index is -1.12. The molecule has 11 heteroatoms. The van der Waals surface area contributed by atoms with Gasteiger partial charge < -0.3 is 31.4 Å². The van der Waals surface area contributed by atoms with Gasteiger partial charge in [-0.1, -0.05) is 36.4 Å². The average Bonchev–Trinajstić information content (AvgIpc) is 3.72. The van der Waals surface area contributed by atoms with Gasteiger partial charge in [-0.05, 0) is 74.7 Å². The Morgan fingerprint density at radius 1 is 0.957 bits per heavy atom. The van der Waals surface area contributed by atoms with E-state index < -0.39 is 18.0 Å². The number of fused-ring (bicyclic) bond motifs is 1. The number of primary amides is 1. The number of rotatable bonds is 9. The molecule has 6 N–H and O–H groups in total. The molecule has 1 unspecified atom stereocenters. The van der Waals surface area contributed by atoms with Crippen LogP contribution in [-0.4, -0.2) is 51.4 Å². The van der Waals surface area contributed by atoms with Gasteiger partial charge in [0.2, 0.25) is 0 Å². The van der Waals surface area contributed by atoms with Crippen LogP contribution in [0.1, 0.15) is 62.2 Å². The molecule has 0 radical (unpaired) electrons. The lowest BCUT2D eigenvalue weighted by molar-refractivity contribution is -0.126. The molecule has 3 amide bonds. The molecule has 1 aromatic heterocycles. The first kappa shape index (κ1) is 30.4. The third-order valence-electron chi connectivity index (χ3n) is 8.50. The van der Waals surface area contributed by atoms with Crippen LogP contribution in [0.2, 0.25) is 0 Å². The molecule has 11 nitrogen and oxygen atoms in total. The van der Waals surface area contributed by atoms with Gasteiger partial charge in [0.15, 0.2) is 6.17 Å². The topological polar surface area (TPSA) is 159 Å². The molecule has 3 aromatic carbocycles. The fourth-order valence-electron chi connectivity index (χ4n) is 6.37. The van der Waals surface area contributed by atoms with Crippen LogP contribution in [-0.2, 0) is 9.59 Å². The van der Waals surface area contributed by atoms with E-state index >= 15 is 0 Å². The summed E-state index contributed by atoms with van der Waals surface area (Å²) in [5, 5.41) is 19.3. The number of nitrogens with two attached hydrogens (primary N) is 1. The Morgan fingerprint density at radius 3 is 2.35 bits per heavy atom. The van der Waals surface area contributed by atoms with Crippen LogP contribution in [0.3, 0.4) is 0 Å². The zero-order valence-electron chi connectivity index (χ0n) is 25.5. The van der Waals surface area contributed by atoms with Crippen molar-refractivity contribution in [2.45, 2.75) is 32.9 Å². The molecule has 2 aliphatic rings. The van der Waals surface area contributed by atoms with Gasteiger partial charge in [0, 0.05) is 47.0 Å². The fourth-order valence-corrected chi connectivity index (χ4v) is 6.37. The lowest BCUT2D eigenvalue weighted by atomic mass is 10.0.